The van der Waals surface area contributed by atoms with Crippen molar-refractivity contribution >= 4 is 5.96 Å². The van der Waals surface area contributed by atoms with Gasteiger partial charge in [-0.25, -0.2) is 4.99 Å². The minimum Gasteiger partial charge on any atom is -1.00 e. The Hall–Kier alpha value is -0.280. The van der Waals surface area contributed by atoms with Gasteiger partial charge in [0, 0.05) is 6.54 Å². The minimum absolute atomic E-state index is 0. The Balaban J connectivity index is 0.00000324. The van der Waals surface area contributed by atoms with Crippen LogP contribution in [-0.4, -0.2) is 25.6 Å². The van der Waals surface area contributed by atoms with Crippen molar-refractivity contribution in [2.75, 3.05) is 19.6 Å². The first-order valence-corrected chi connectivity index (χ1v) is 8.05. The molecule has 0 aliphatic carbocycles. The summed E-state index contributed by atoms with van der Waals surface area (Å²) in [6, 6.07) is 0. The molecule has 3 nitrogen and oxygen atoms in total. The van der Waals surface area contributed by atoms with Gasteiger partial charge in [0.25, 0.3) is 5.96 Å². The molecule has 19 heavy (non-hydrogen) atoms. The standard InChI is InChI=1S/C15H31N3.ClH/c1-2-3-4-5-6-7-8-9-10-11-12-16-15-17-13-14-18-15;/h2-14H2,1H3,(H2,16,17,18);1H. The van der Waals surface area contributed by atoms with Crippen molar-refractivity contribution in [3.8, 4) is 0 Å². The third kappa shape index (κ3) is 11.3. The number of nitrogens with zero attached hydrogens (tertiary/aromatic N) is 1. The van der Waals surface area contributed by atoms with E-state index in [0.29, 0.717) is 0 Å². The minimum atomic E-state index is 0. The maximum Gasteiger partial charge on any atom is 0.294 e. The van der Waals surface area contributed by atoms with Crippen molar-refractivity contribution in [2.24, 2.45) is 4.99 Å². The van der Waals surface area contributed by atoms with Gasteiger partial charge in [-0.15, -0.1) is 0 Å². The van der Waals surface area contributed by atoms with E-state index in [2.05, 4.69) is 22.5 Å². The summed E-state index contributed by atoms with van der Waals surface area (Å²) >= 11 is 0. The SMILES string of the molecule is CCCCCCCCCCCCNC1=NCC[NH2+]1.[Cl-]. The van der Waals surface area contributed by atoms with E-state index in [-0.39, 0.29) is 12.4 Å². The second-order valence-electron chi connectivity index (χ2n) is 5.37. The number of nitrogens with two attached hydrogens (primary N) is 1. The average Bonchev–Trinajstić information content (AvgIpc) is 2.89. The summed E-state index contributed by atoms with van der Waals surface area (Å²) in [5, 5.41) is 5.61. The monoisotopic (exact) mass is 289 g/mol. The van der Waals surface area contributed by atoms with Crippen LogP contribution in [0, 0.1) is 0 Å². The lowest BCUT2D eigenvalue weighted by molar-refractivity contribution is -0.531. The van der Waals surface area contributed by atoms with E-state index < -0.39 is 0 Å². The topological polar surface area (TPSA) is 41.0 Å². The summed E-state index contributed by atoms with van der Waals surface area (Å²) in [4.78, 5) is 4.37. The highest BCUT2D eigenvalue weighted by Crippen LogP contribution is 2.10. The van der Waals surface area contributed by atoms with E-state index in [1.54, 1.807) is 0 Å². The van der Waals surface area contributed by atoms with Crippen LogP contribution in [0.15, 0.2) is 4.99 Å². The zero-order valence-corrected chi connectivity index (χ0v) is 13.4. The quantitative estimate of drug-likeness (QED) is 0.492. The molecule has 0 unspecified atom stereocenters. The van der Waals surface area contributed by atoms with Gasteiger partial charge in [0.1, 0.15) is 6.54 Å². The van der Waals surface area contributed by atoms with Gasteiger partial charge in [-0.3, -0.25) is 5.32 Å². The van der Waals surface area contributed by atoms with E-state index in [9.17, 15) is 0 Å². The number of hydrogen-bond donors (Lipinski definition) is 2. The van der Waals surface area contributed by atoms with Gasteiger partial charge in [-0.1, -0.05) is 64.7 Å². The largest absolute Gasteiger partial charge is 1.00 e. The molecule has 0 bridgehead atoms. The molecular formula is C15H32ClN3. The first kappa shape index (κ1) is 18.7. The van der Waals surface area contributed by atoms with Gasteiger partial charge >= 0.3 is 0 Å². The average molecular weight is 290 g/mol. The Bertz CT molecular complexity index is 219. The number of halogens is 1. The molecule has 0 saturated heterocycles. The maximum atomic E-state index is 4.37. The molecule has 0 amide bonds. The van der Waals surface area contributed by atoms with E-state index in [0.717, 1.165) is 25.6 Å². The first-order chi connectivity index (χ1) is 8.93. The zero-order chi connectivity index (χ0) is 12.9. The smallest absolute Gasteiger partial charge is 0.294 e. The molecule has 0 aromatic heterocycles. The second-order valence-corrected chi connectivity index (χ2v) is 5.37. The van der Waals surface area contributed by atoms with Crippen LogP contribution in [0.2, 0.25) is 0 Å². The summed E-state index contributed by atoms with van der Waals surface area (Å²) in [5.74, 6) is 1.13. The summed E-state index contributed by atoms with van der Waals surface area (Å²) < 4.78 is 0. The Morgan fingerprint density at radius 1 is 0.947 bits per heavy atom. The molecule has 0 fully saturated rings. The molecule has 0 radical (unpaired) electrons. The lowest BCUT2D eigenvalue weighted by Gasteiger charge is -2.03. The van der Waals surface area contributed by atoms with Crippen molar-refractivity contribution in [1.82, 2.24) is 5.32 Å². The highest BCUT2D eigenvalue weighted by atomic mass is 35.5. The van der Waals surface area contributed by atoms with Crippen LogP contribution in [0.3, 0.4) is 0 Å². The van der Waals surface area contributed by atoms with Crippen molar-refractivity contribution in [2.45, 2.75) is 71.1 Å². The number of quaternary nitrogens is 1. The summed E-state index contributed by atoms with van der Waals surface area (Å²) in [7, 11) is 0. The van der Waals surface area contributed by atoms with Crippen molar-refractivity contribution in [3.63, 3.8) is 0 Å². The number of nitrogens with one attached hydrogen (secondary N) is 1. The number of guanidine groups is 1. The Kier molecular flexibility index (Phi) is 13.9. The molecule has 4 heteroatoms. The normalized spacial score (nSPS) is 14.1. The molecule has 1 aliphatic heterocycles. The molecule has 114 valence electrons. The van der Waals surface area contributed by atoms with Gasteiger partial charge in [0.05, 0.1) is 6.54 Å². The van der Waals surface area contributed by atoms with Crippen LogP contribution in [0.5, 0.6) is 0 Å². The predicted octanol–water partition coefficient (Wildman–Crippen LogP) is -0.566. The molecule has 1 rings (SSSR count). The first-order valence-electron chi connectivity index (χ1n) is 8.05. The van der Waals surface area contributed by atoms with Crippen LogP contribution < -0.4 is 23.0 Å². The Labute approximate surface area is 125 Å². The highest BCUT2D eigenvalue weighted by Gasteiger charge is 2.07. The van der Waals surface area contributed by atoms with Gasteiger partial charge < -0.3 is 17.7 Å². The molecule has 0 aromatic carbocycles. The number of aliphatic imine (C=N–C) groups is 1. The van der Waals surface area contributed by atoms with Crippen LogP contribution in [-0.2, 0) is 0 Å². The summed E-state index contributed by atoms with van der Waals surface area (Å²) in [6.07, 6.45) is 14.1. The van der Waals surface area contributed by atoms with E-state index >= 15 is 0 Å². The Morgan fingerprint density at radius 2 is 1.53 bits per heavy atom. The molecule has 1 heterocycles. The molecule has 0 aromatic rings. The van der Waals surface area contributed by atoms with E-state index in [1.807, 2.05) is 0 Å². The molecule has 1 aliphatic rings. The van der Waals surface area contributed by atoms with Crippen molar-refractivity contribution in [1.29, 1.82) is 0 Å². The summed E-state index contributed by atoms with van der Waals surface area (Å²) in [5.41, 5.74) is 0. The van der Waals surface area contributed by atoms with E-state index in [1.165, 1.54) is 64.2 Å². The molecule has 3 N–H and O–H groups in total. The van der Waals surface area contributed by atoms with Gasteiger partial charge in [-0.05, 0) is 6.42 Å². The van der Waals surface area contributed by atoms with Crippen molar-refractivity contribution in [3.05, 3.63) is 0 Å². The summed E-state index contributed by atoms with van der Waals surface area (Å²) in [6.45, 7) is 5.50. The zero-order valence-electron chi connectivity index (χ0n) is 12.6. The fraction of sp³-hybridized carbons (Fsp3) is 0.933. The number of unbranched alkanes of at least 4 members (excludes halogenated alkanes) is 9. The Morgan fingerprint density at radius 3 is 2.05 bits per heavy atom. The maximum absolute atomic E-state index is 4.37. The molecule has 0 saturated carbocycles. The van der Waals surface area contributed by atoms with Crippen LogP contribution in [0.4, 0.5) is 0 Å². The number of rotatable bonds is 11. The van der Waals surface area contributed by atoms with Crippen LogP contribution >= 0.6 is 0 Å². The van der Waals surface area contributed by atoms with Crippen molar-refractivity contribution < 1.29 is 17.7 Å². The molecule has 0 spiro atoms. The second kappa shape index (κ2) is 14.1. The third-order valence-electron chi connectivity index (χ3n) is 3.59. The third-order valence-corrected chi connectivity index (χ3v) is 3.59. The predicted molar refractivity (Wildman–Crippen MR) is 78.9 cm³/mol. The van der Waals surface area contributed by atoms with E-state index in [4.69, 9.17) is 0 Å². The number of hydrogen-bond acceptors (Lipinski definition) is 2. The highest BCUT2D eigenvalue weighted by molar-refractivity contribution is 5.70. The lowest BCUT2D eigenvalue weighted by atomic mass is 10.1. The molecular weight excluding hydrogens is 258 g/mol. The van der Waals surface area contributed by atoms with Gasteiger partial charge in [0.2, 0.25) is 0 Å². The van der Waals surface area contributed by atoms with Crippen LogP contribution in [0.25, 0.3) is 0 Å². The fourth-order valence-electron chi connectivity index (χ4n) is 2.41. The van der Waals surface area contributed by atoms with Crippen LogP contribution in [0.1, 0.15) is 71.1 Å². The molecule has 0 atom stereocenters. The van der Waals surface area contributed by atoms with Gasteiger partial charge in [0.15, 0.2) is 0 Å². The fourth-order valence-corrected chi connectivity index (χ4v) is 2.41. The van der Waals surface area contributed by atoms with Gasteiger partial charge in [-0.2, -0.15) is 0 Å². The lowest BCUT2D eigenvalue weighted by Crippen LogP contribution is -3.00.